The predicted molar refractivity (Wildman–Crippen MR) is 76.3 cm³/mol. The largest absolute Gasteiger partial charge is 0.477 e. The summed E-state index contributed by atoms with van der Waals surface area (Å²) in [5, 5.41) is 13.8. The summed E-state index contributed by atoms with van der Waals surface area (Å²) >= 11 is 0. The van der Waals surface area contributed by atoms with Crippen LogP contribution in [0.4, 0.5) is 5.82 Å². The van der Waals surface area contributed by atoms with Gasteiger partial charge in [-0.2, -0.15) is 5.10 Å². The average Bonchev–Trinajstić information content (AvgIpc) is 2.91. The Balaban J connectivity index is 1.98. The Morgan fingerprint density at radius 1 is 1.40 bits per heavy atom. The molecule has 0 radical (unpaired) electrons. The molecule has 2 aliphatic heterocycles. The number of aryl methyl sites for hydroxylation is 2. The average molecular weight is 278 g/mol. The third-order valence-corrected chi connectivity index (χ3v) is 4.62. The van der Waals surface area contributed by atoms with Gasteiger partial charge in [-0.05, 0) is 33.2 Å². The van der Waals surface area contributed by atoms with E-state index in [0.29, 0.717) is 23.3 Å². The second-order valence-electron chi connectivity index (χ2n) is 6.01. The Morgan fingerprint density at radius 3 is 2.85 bits per heavy atom. The lowest BCUT2D eigenvalue weighted by molar-refractivity contribution is 0.0696. The molecule has 0 bridgehead atoms. The summed E-state index contributed by atoms with van der Waals surface area (Å²) in [5.74, 6) is -0.124. The summed E-state index contributed by atoms with van der Waals surface area (Å²) in [4.78, 5) is 16.3. The minimum atomic E-state index is -0.883. The fourth-order valence-electron chi connectivity index (χ4n) is 3.71. The molecule has 0 saturated carbocycles. The fraction of sp³-hybridized carbons (Fsp3) is 0.714. The maximum absolute atomic E-state index is 11.5. The predicted octanol–water partition coefficient (Wildman–Crippen LogP) is 1.10. The molecule has 0 amide bonds. The van der Waals surface area contributed by atoms with Gasteiger partial charge in [0.25, 0.3) is 0 Å². The lowest BCUT2D eigenvalue weighted by Crippen LogP contribution is -2.55. The Hall–Kier alpha value is -1.56. The van der Waals surface area contributed by atoms with Crippen molar-refractivity contribution in [3.63, 3.8) is 0 Å². The first-order chi connectivity index (χ1) is 9.49. The fourth-order valence-corrected chi connectivity index (χ4v) is 3.71. The molecule has 6 heteroatoms. The molecule has 0 aliphatic carbocycles. The van der Waals surface area contributed by atoms with Crippen LogP contribution in [0, 0.1) is 6.92 Å². The molecule has 2 saturated heterocycles. The van der Waals surface area contributed by atoms with E-state index in [2.05, 4.69) is 21.8 Å². The standard InChI is InChI=1S/C14H22N4O2/c1-9-7-17-6-4-5-11(17)8-18(9)13-12(14(19)20)10(2)15-16(13)3/h9,11H,4-8H2,1-3H3,(H,19,20). The van der Waals surface area contributed by atoms with Crippen LogP contribution in [0.1, 0.15) is 35.8 Å². The first-order valence-electron chi connectivity index (χ1n) is 7.26. The highest BCUT2D eigenvalue weighted by Gasteiger charge is 2.37. The number of piperazine rings is 1. The van der Waals surface area contributed by atoms with Crippen LogP contribution in [0.3, 0.4) is 0 Å². The minimum absolute atomic E-state index is 0.317. The normalized spacial score (nSPS) is 26.9. The van der Waals surface area contributed by atoms with Crippen molar-refractivity contribution in [3.05, 3.63) is 11.3 Å². The van der Waals surface area contributed by atoms with Crippen molar-refractivity contribution in [3.8, 4) is 0 Å². The van der Waals surface area contributed by atoms with Gasteiger partial charge in [-0.3, -0.25) is 9.58 Å². The Bertz CT molecular complexity index is 540. The van der Waals surface area contributed by atoms with Crippen molar-refractivity contribution in [1.29, 1.82) is 0 Å². The van der Waals surface area contributed by atoms with Crippen LogP contribution >= 0.6 is 0 Å². The van der Waals surface area contributed by atoms with E-state index >= 15 is 0 Å². The summed E-state index contributed by atoms with van der Waals surface area (Å²) in [6.45, 7) is 7.03. The number of anilines is 1. The molecule has 2 atom stereocenters. The van der Waals surface area contributed by atoms with Gasteiger partial charge in [0.1, 0.15) is 11.4 Å². The van der Waals surface area contributed by atoms with Crippen LogP contribution in [-0.4, -0.2) is 57.5 Å². The van der Waals surface area contributed by atoms with Gasteiger partial charge >= 0.3 is 5.97 Å². The second-order valence-corrected chi connectivity index (χ2v) is 6.01. The molecule has 0 aromatic carbocycles. The van der Waals surface area contributed by atoms with Crippen LogP contribution in [0.5, 0.6) is 0 Å². The monoisotopic (exact) mass is 278 g/mol. The van der Waals surface area contributed by atoms with Crippen LogP contribution < -0.4 is 4.90 Å². The maximum Gasteiger partial charge on any atom is 0.341 e. The molecule has 3 rings (SSSR count). The van der Waals surface area contributed by atoms with E-state index in [1.807, 2.05) is 7.05 Å². The molecule has 3 heterocycles. The highest BCUT2D eigenvalue weighted by molar-refractivity contribution is 5.95. The summed E-state index contributed by atoms with van der Waals surface area (Å²) in [7, 11) is 1.84. The number of aromatic nitrogens is 2. The molecule has 20 heavy (non-hydrogen) atoms. The van der Waals surface area contributed by atoms with Gasteiger partial charge in [-0.15, -0.1) is 0 Å². The molecular weight excluding hydrogens is 256 g/mol. The third kappa shape index (κ3) is 1.98. The highest BCUT2D eigenvalue weighted by atomic mass is 16.4. The lowest BCUT2D eigenvalue weighted by atomic mass is 10.1. The molecular formula is C14H22N4O2. The molecule has 1 aromatic heterocycles. The van der Waals surface area contributed by atoms with E-state index in [9.17, 15) is 9.90 Å². The zero-order valence-electron chi connectivity index (χ0n) is 12.3. The number of aromatic carboxylic acids is 1. The van der Waals surface area contributed by atoms with Gasteiger partial charge in [0.2, 0.25) is 0 Å². The van der Waals surface area contributed by atoms with Crippen molar-refractivity contribution >= 4 is 11.8 Å². The number of hydrogen-bond acceptors (Lipinski definition) is 4. The summed E-state index contributed by atoms with van der Waals surface area (Å²) in [5.41, 5.74) is 0.946. The SMILES string of the molecule is Cc1nn(C)c(N2CC3CCCN3CC2C)c1C(=O)O. The number of nitrogens with zero attached hydrogens (tertiary/aromatic N) is 4. The zero-order chi connectivity index (χ0) is 14.4. The summed E-state index contributed by atoms with van der Waals surface area (Å²) in [6.07, 6.45) is 2.46. The van der Waals surface area contributed by atoms with Crippen LogP contribution in [-0.2, 0) is 7.05 Å². The number of carboxylic acid groups (broad SMARTS) is 1. The van der Waals surface area contributed by atoms with Crippen molar-refractivity contribution in [2.45, 2.75) is 38.8 Å². The van der Waals surface area contributed by atoms with Crippen molar-refractivity contribution in [1.82, 2.24) is 14.7 Å². The topological polar surface area (TPSA) is 61.6 Å². The lowest BCUT2D eigenvalue weighted by Gasteiger charge is -2.43. The van der Waals surface area contributed by atoms with Crippen molar-refractivity contribution in [2.24, 2.45) is 7.05 Å². The van der Waals surface area contributed by atoms with E-state index in [4.69, 9.17) is 0 Å². The molecule has 6 nitrogen and oxygen atoms in total. The molecule has 1 aromatic rings. The summed E-state index contributed by atoms with van der Waals surface area (Å²) in [6, 6.07) is 0.875. The Labute approximate surface area is 119 Å². The van der Waals surface area contributed by atoms with Gasteiger partial charge in [-0.1, -0.05) is 0 Å². The minimum Gasteiger partial charge on any atom is -0.477 e. The number of rotatable bonds is 2. The third-order valence-electron chi connectivity index (χ3n) is 4.62. The van der Waals surface area contributed by atoms with E-state index in [1.165, 1.54) is 19.4 Å². The van der Waals surface area contributed by atoms with E-state index in [-0.39, 0.29) is 0 Å². The second kappa shape index (κ2) is 4.77. The van der Waals surface area contributed by atoms with Gasteiger partial charge in [0.15, 0.2) is 0 Å². The van der Waals surface area contributed by atoms with E-state index in [0.717, 1.165) is 18.9 Å². The highest BCUT2D eigenvalue weighted by Crippen LogP contribution is 2.31. The number of carboxylic acids is 1. The van der Waals surface area contributed by atoms with Crippen LogP contribution in [0.2, 0.25) is 0 Å². The smallest absolute Gasteiger partial charge is 0.341 e. The first kappa shape index (κ1) is 13.4. The molecule has 2 unspecified atom stereocenters. The number of fused-ring (bicyclic) bond motifs is 1. The van der Waals surface area contributed by atoms with Crippen molar-refractivity contribution in [2.75, 3.05) is 24.5 Å². The van der Waals surface area contributed by atoms with Crippen LogP contribution in [0.25, 0.3) is 0 Å². The number of carbonyl (C=O) groups is 1. The maximum atomic E-state index is 11.5. The zero-order valence-corrected chi connectivity index (χ0v) is 12.3. The van der Waals surface area contributed by atoms with Gasteiger partial charge < -0.3 is 10.0 Å². The van der Waals surface area contributed by atoms with E-state index in [1.54, 1.807) is 11.6 Å². The number of hydrogen-bond donors (Lipinski definition) is 1. The quantitative estimate of drug-likeness (QED) is 0.878. The van der Waals surface area contributed by atoms with Crippen LogP contribution in [0.15, 0.2) is 0 Å². The molecule has 2 fully saturated rings. The van der Waals surface area contributed by atoms with Gasteiger partial charge in [0, 0.05) is 32.2 Å². The Kier molecular flexibility index (Phi) is 3.20. The Morgan fingerprint density at radius 2 is 2.15 bits per heavy atom. The first-order valence-corrected chi connectivity index (χ1v) is 7.26. The molecule has 0 spiro atoms. The van der Waals surface area contributed by atoms with Gasteiger partial charge in [-0.25, -0.2) is 4.79 Å². The summed E-state index contributed by atoms with van der Waals surface area (Å²) < 4.78 is 1.72. The molecule has 110 valence electrons. The van der Waals surface area contributed by atoms with Gasteiger partial charge in [0.05, 0.1) is 5.69 Å². The molecule has 1 N–H and O–H groups in total. The van der Waals surface area contributed by atoms with E-state index < -0.39 is 5.97 Å². The molecule has 2 aliphatic rings. The van der Waals surface area contributed by atoms with Crippen molar-refractivity contribution < 1.29 is 9.90 Å².